The van der Waals surface area contributed by atoms with E-state index in [-0.39, 0.29) is 10.8 Å². The monoisotopic (exact) mass is 392 g/mol. The number of amides is 1. The van der Waals surface area contributed by atoms with Crippen LogP contribution in [0.4, 0.5) is 5.69 Å². The van der Waals surface area contributed by atoms with E-state index < -0.39 is 16.1 Å². The predicted molar refractivity (Wildman–Crippen MR) is 103 cm³/mol. The van der Waals surface area contributed by atoms with Crippen molar-refractivity contribution < 1.29 is 13.2 Å². The lowest BCUT2D eigenvalue weighted by Crippen LogP contribution is -2.43. The molecule has 1 N–H and O–H groups in total. The quantitative estimate of drug-likeness (QED) is 0.861. The number of sulfonamides is 1. The molecule has 1 atom stereocenters. The van der Waals surface area contributed by atoms with Gasteiger partial charge in [0, 0.05) is 17.3 Å². The Balaban J connectivity index is 1.84. The van der Waals surface area contributed by atoms with Gasteiger partial charge in [-0.2, -0.15) is 4.31 Å². The van der Waals surface area contributed by atoms with Gasteiger partial charge in [-0.15, -0.1) is 0 Å². The largest absolute Gasteiger partial charge is 0.324 e. The first kappa shape index (κ1) is 18.9. The summed E-state index contributed by atoms with van der Waals surface area (Å²) >= 11 is 5.85. The van der Waals surface area contributed by atoms with Gasteiger partial charge < -0.3 is 5.32 Å². The number of halogens is 1. The van der Waals surface area contributed by atoms with Crippen molar-refractivity contribution in [3.05, 3.63) is 58.6 Å². The fourth-order valence-corrected chi connectivity index (χ4v) is 4.90. The Morgan fingerprint density at radius 1 is 1.15 bits per heavy atom. The summed E-state index contributed by atoms with van der Waals surface area (Å²) in [6.45, 7) is 4.18. The highest BCUT2D eigenvalue weighted by molar-refractivity contribution is 7.89. The van der Waals surface area contributed by atoms with E-state index in [4.69, 9.17) is 11.6 Å². The first-order chi connectivity index (χ1) is 12.3. The zero-order valence-electron chi connectivity index (χ0n) is 14.7. The Kier molecular flexibility index (Phi) is 5.37. The number of carbonyl (C=O) groups is 1. The highest BCUT2D eigenvalue weighted by Crippen LogP contribution is 2.28. The van der Waals surface area contributed by atoms with Gasteiger partial charge in [0.05, 0.1) is 4.90 Å². The Hall–Kier alpha value is -1.89. The van der Waals surface area contributed by atoms with Crippen molar-refractivity contribution in [2.75, 3.05) is 11.9 Å². The minimum atomic E-state index is -3.75. The first-order valence-electron chi connectivity index (χ1n) is 8.44. The maximum absolute atomic E-state index is 12.9. The molecule has 0 saturated carbocycles. The lowest BCUT2D eigenvalue weighted by atomic mass is 10.1. The Morgan fingerprint density at radius 3 is 2.54 bits per heavy atom. The number of carbonyl (C=O) groups excluding carboxylic acids is 1. The van der Waals surface area contributed by atoms with Crippen LogP contribution in [-0.4, -0.2) is 31.2 Å². The molecule has 2 aromatic carbocycles. The second-order valence-corrected chi connectivity index (χ2v) is 8.86. The smallest absolute Gasteiger partial charge is 0.243 e. The molecule has 1 fully saturated rings. The van der Waals surface area contributed by atoms with Crippen LogP contribution in [0.3, 0.4) is 0 Å². The fourth-order valence-electron chi connectivity index (χ4n) is 3.12. The zero-order valence-corrected chi connectivity index (χ0v) is 16.3. The second kappa shape index (κ2) is 7.39. The molecule has 1 saturated heterocycles. The number of hydrogen-bond acceptors (Lipinski definition) is 3. The number of anilines is 1. The number of hydrogen-bond donors (Lipinski definition) is 1. The Morgan fingerprint density at radius 2 is 1.85 bits per heavy atom. The number of benzene rings is 2. The van der Waals surface area contributed by atoms with Crippen molar-refractivity contribution in [2.24, 2.45) is 0 Å². The molecule has 26 heavy (non-hydrogen) atoms. The standard InChI is InChI=1S/C19H21ClN2O3S/c1-13-5-6-14(2)17(12-13)21-19(23)18-4-3-11-22(18)26(24,25)16-9-7-15(20)8-10-16/h5-10,12,18H,3-4,11H2,1-2H3,(H,21,23). The molecular formula is C19H21ClN2O3S. The fraction of sp³-hybridized carbons (Fsp3) is 0.316. The van der Waals surface area contributed by atoms with Crippen LogP contribution in [-0.2, 0) is 14.8 Å². The Labute approximate surface area is 159 Å². The van der Waals surface area contributed by atoms with E-state index in [9.17, 15) is 13.2 Å². The zero-order chi connectivity index (χ0) is 18.9. The molecule has 1 amide bonds. The van der Waals surface area contributed by atoms with Gasteiger partial charge in [0.25, 0.3) is 0 Å². The van der Waals surface area contributed by atoms with Gasteiger partial charge in [0.2, 0.25) is 15.9 Å². The van der Waals surface area contributed by atoms with E-state index in [2.05, 4.69) is 5.32 Å². The third kappa shape index (κ3) is 3.77. The molecule has 1 unspecified atom stereocenters. The summed E-state index contributed by atoms with van der Waals surface area (Å²) in [6, 6.07) is 11.1. The van der Waals surface area contributed by atoms with Crippen molar-refractivity contribution in [1.82, 2.24) is 4.31 Å². The molecule has 5 nitrogen and oxygen atoms in total. The molecule has 7 heteroatoms. The summed E-state index contributed by atoms with van der Waals surface area (Å²) in [5.74, 6) is -0.297. The van der Waals surface area contributed by atoms with Crippen LogP contribution >= 0.6 is 11.6 Å². The summed E-state index contributed by atoms with van der Waals surface area (Å²) in [7, 11) is -3.75. The summed E-state index contributed by atoms with van der Waals surface area (Å²) < 4.78 is 27.2. The predicted octanol–water partition coefficient (Wildman–Crippen LogP) is 3.75. The van der Waals surface area contributed by atoms with Crippen molar-refractivity contribution in [3.63, 3.8) is 0 Å². The summed E-state index contributed by atoms with van der Waals surface area (Å²) in [5.41, 5.74) is 2.68. The molecule has 0 aromatic heterocycles. The summed E-state index contributed by atoms with van der Waals surface area (Å²) in [4.78, 5) is 12.9. The van der Waals surface area contributed by atoms with Gasteiger partial charge in [0.15, 0.2) is 0 Å². The van der Waals surface area contributed by atoms with Crippen molar-refractivity contribution >= 4 is 33.2 Å². The van der Waals surface area contributed by atoms with E-state index >= 15 is 0 Å². The van der Waals surface area contributed by atoms with Crippen LogP contribution in [0.1, 0.15) is 24.0 Å². The topological polar surface area (TPSA) is 66.5 Å². The first-order valence-corrected chi connectivity index (χ1v) is 10.3. The molecular weight excluding hydrogens is 372 g/mol. The molecule has 0 aliphatic carbocycles. The third-order valence-electron chi connectivity index (χ3n) is 4.58. The van der Waals surface area contributed by atoms with E-state index in [0.717, 1.165) is 11.1 Å². The van der Waals surface area contributed by atoms with Crippen LogP contribution in [0.5, 0.6) is 0 Å². The number of aryl methyl sites for hydroxylation is 2. The maximum atomic E-state index is 12.9. The highest BCUT2D eigenvalue weighted by Gasteiger charge is 2.39. The molecule has 138 valence electrons. The number of nitrogens with zero attached hydrogens (tertiary/aromatic N) is 1. The van der Waals surface area contributed by atoms with Crippen molar-refractivity contribution in [3.8, 4) is 0 Å². The van der Waals surface area contributed by atoms with Crippen LogP contribution in [0, 0.1) is 13.8 Å². The highest BCUT2D eigenvalue weighted by atomic mass is 35.5. The van der Waals surface area contributed by atoms with Gasteiger partial charge in [-0.3, -0.25) is 4.79 Å². The Bertz CT molecular complexity index is 926. The van der Waals surface area contributed by atoms with Gasteiger partial charge >= 0.3 is 0 Å². The normalized spacial score (nSPS) is 18.0. The lowest BCUT2D eigenvalue weighted by Gasteiger charge is -2.24. The van der Waals surface area contributed by atoms with Crippen molar-refractivity contribution in [1.29, 1.82) is 0 Å². The molecule has 2 aromatic rings. The molecule has 0 radical (unpaired) electrons. The molecule has 0 bridgehead atoms. The van der Waals surface area contributed by atoms with Crippen molar-refractivity contribution in [2.45, 2.75) is 37.6 Å². The van der Waals surface area contributed by atoms with E-state index in [1.54, 1.807) is 0 Å². The average molecular weight is 393 g/mol. The molecule has 1 heterocycles. The van der Waals surface area contributed by atoms with Gasteiger partial charge in [0.1, 0.15) is 6.04 Å². The van der Waals surface area contributed by atoms with Gasteiger partial charge in [-0.1, -0.05) is 23.7 Å². The molecule has 0 spiro atoms. The number of nitrogens with one attached hydrogen (secondary N) is 1. The average Bonchev–Trinajstić information content (AvgIpc) is 3.09. The van der Waals surface area contributed by atoms with Crippen LogP contribution in [0.25, 0.3) is 0 Å². The van der Waals surface area contributed by atoms with E-state index in [1.165, 1.54) is 28.6 Å². The SMILES string of the molecule is Cc1ccc(C)c(NC(=O)C2CCCN2S(=O)(=O)c2ccc(Cl)cc2)c1. The third-order valence-corrected chi connectivity index (χ3v) is 6.75. The molecule has 3 rings (SSSR count). The lowest BCUT2D eigenvalue weighted by molar-refractivity contribution is -0.119. The molecule has 1 aliphatic heterocycles. The maximum Gasteiger partial charge on any atom is 0.243 e. The van der Waals surface area contributed by atoms with E-state index in [1.807, 2.05) is 32.0 Å². The minimum Gasteiger partial charge on any atom is -0.324 e. The summed E-state index contributed by atoms with van der Waals surface area (Å²) in [6.07, 6.45) is 1.15. The number of rotatable bonds is 4. The van der Waals surface area contributed by atoms with E-state index in [0.29, 0.717) is 30.1 Å². The van der Waals surface area contributed by atoms with Gasteiger partial charge in [-0.25, -0.2) is 8.42 Å². The second-order valence-electron chi connectivity index (χ2n) is 6.54. The van der Waals surface area contributed by atoms with Crippen LogP contribution in [0.2, 0.25) is 5.02 Å². The van der Waals surface area contributed by atoms with Gasteiger partial charge in [-0.05, 0) is 68.1 Å². The van der Waals surface area contributed by atoms with Crippen LogP contribution < -0.4 is 5.32 Å². The minimum absolute atomic E-state index is 0.147. The van der Waals surface area contributed by atoms with Crippen LogP contribution in [0.15, 0.2) is 47.4 Å². The molecule has 1 aliphatic rings. The summed E-state index contributed by atoms with van der Waals surface area (Å²) in [5, 5.41) is 3.36.